The number of aromatic nitrogens is 2. The van der Waals surface area contributed by atoms with Gasteiger partial charge in [0.25, 0.3) is 0 Å². The van der Waals surface area contributed by atoms with Crippen LogP contribution in [0.1, 0.15) is 12.0 Å². The SMILES string of the molecule is CN(CCC(N)=O)Cc1cnn(C)c1. The van der Waals surface area contributed by atoms with E-state index in [1.807, 2.05) is 31.4 Å². The van der Waals surface area contributed by atoms with Crippen LogP contribution in [0, 0.1) is 0 Å². The zero-order valence-electron chi connectivity index (χ0n) is 8.60. The summed E-state index contributed by atoms with van der Waals surface area (Å²) in [4.78, 5) is 12.6. The quantitative estimate of drug-likeness (QED) is 0.705. The summed E-state index contributed by atoms with van der Waals surface area (Å²) in [5.74, 6) is -0.261. The van der Waals surface area contributed by atoms with Crippen molar-refractivity contribution < 1.29 is 4.79 Å². The lowest BCUT2D eigenvalue weighted by molar-refractivity contribution is -0.118. The Kier molecular flexibility index (Phi) is 3.64. The Bertz CT molecular complexity index is 308. The van der Waals surface area contributed by atoms with Crippen LogP contribution in [0.2, 0.25) is 0 Å². The minimum atomic E-state index is -0.261. The van der Waals surface area contributed by atoms with Gasteiger partial charge in [0.2, 0.25) is 5.91 Å². The third kappa shape index (κ3) is 3.57. The first-order chi connectivity index (χ1) is 6.58. The summed E-state index contributed by atoms with van der Waals surface area (Å²) in [6.07, 6.45) is 4.18. The van der Waals surface area contributed by atoms with Crippen molar-refractivity contribution in [1.82, 2.24) is 14.7 Å². The van der Waals surface area contributed by atoms with Crippen LogP contribution in [0.25, 0.3) is 0 Å². The zero-order valence-corrected chi connectivity index (χ0v) is 8.60. The molecule has 0 aromatic carbocycles. The van der Waals surface area contributed by atoms with Crippen molar-refractivity contribution in [2.45, 2.75) is 13.0 Å². The molecule has 0 unspecified atom stereocenters. The lowest BCUT2D eigenvalue weighted by Crippen LogP contribution is -2.24. The minimum absolute atomic E-state index is 0.261. The molecule has 2 N–H and O–H groups in total. The fraction of sp³-hybridized carbons (Fsp3) is 0.556. The molecule has 0 aliphatic heterocycles. The van der Waals surface area contributed by atoms with E-state index in [-0.39, 0.29) is 5.91 Å². The summed E-state index contributed by atoms with van der Waals surface area (Å²) >= 11 is 0. The highest BCUT2D eigenvalue weighted by molar-refractivity contribution is 5.73. The number of hydrogen-bond acceptors (Lipinski definition) is 3. The van der Waals surface area contributed by atoms with Crippen molar-refractivity contribution in [2.75, 3.05) is 13.6 Å². The monoisotopic (exact) mass is 196 g/mol. The van der Waals surface area contributed by atoms with Gasteiger partial charge in [-0.2, -0.15) is 5.10 Å². The number of primary amides is 1. The molecule has 5 nitrogen and oxygen atoms in total. The number of carbonyl (C=O) groups excluding carboxylic acids is 1. The van der Waals surface area contributed by atoms with Gasteiger partial charge in [-0.15, -0.1) is 0 Å². The average molecular weight is 196 g/mol. The molecular weight excluding hydrogens is 180 g/mol. The lowest BCUT2D eigenvalue weighted by Gasteiger charge is -2.13. The van der Waals surface area contributed by atoms with Crippen LogP contribution < -0.4 is 5.73 Å². The fourth-order valence-electron chi connectivity index (χ4n) is 1.25. The van der Waals surface area contributed by atoms with Gasteiger partial charge in [-0.25, -0.2) is 0 Å². The first-order valence-electron chi connectivity index (χ1n) is 4.52. The minimum Gasteiger partial charge on any atom is -0.370 e. The molecule has 1 amide bonds. The average Bonchev–Trinajstić information content (AvgIpc) is 2.48. The third-order valence-corrected chi connectivity index (χ3v) is 1.95. The number of carbonyl (C=O) groups is 1. The van der Waals surface area contributed by atoms with Gasteiger partial charge in [-0.3, -0.25) is 9.48 Å². The third-order valence-electron chi connectivity index (χ3n) is 1.95. The molecule has 14 heavy (non-hydrogen) atoms. The molecule has 0 atom stereocenters. The summed E-state index contributed by atoms with van der Waals surface area (Å²) in [6, 6.07) is 0. The lowest BCUT2D eigenvalue weighted by atomic mass is 10.3. The number of nitrogens with two attached hydrogens (primary N) is 1. The summed E-state index contributed by atoms with van der Waals surface area (Å²) in [5.41, 5.74) is 6.19. The molecule has 0 bridgehead atoms. The van der Waals surface area contributed by atoms with Crippen molar-refractivity contribution in [1.29, 1.82) is 0 Å². The van der Waals surface area contributed by atoms with Crippen LogP contribution in [-0.2, 0) is 18.4 Å². The van der Waals surface area contributed by atoms with Gasteiger partial charge in [0.1, 0.15) is 0 Å². The molecule has 0 radical (unpaired) electrons. The molecule has 1 aromatic rings. The second-order valence-electron chi connectivity index (χ2n) is 3.48. The predicted octanol–water partition coefficient (Wildman–Crippen LogP) is -0.273. The Balaban J connectivity index is 2.33. The second-order valence-corrected chi connectivity index (χ2v) is 3.48. The molecule has 5 heteroatoms. The molecule has 0 aliphatic carbocycles. The predicted molar refractivity (Wildman–Crippen MR) is 53.4 cm³/mol. The van der Waals surface area contributed by atoms with Crippen molar-refractivity contribution >= 4 is 5.91 Å². The van der Waals surface area contributed by atoms with Gasteiger partial charge in [-0.05, 0) is 7.05 Å². The second kappa shape index (κ2) is 4.76. The zero-order chi connectivity index (χ0) is 10.6. The molecule has 0 saturated carbocycles. The van der Waals surface area contributed by atoms with E-state index in [9.17, 15) is 4.79 Å². The smallest absolute Gasteiger partial charge is 0.218 e. The van der Waals surface area contributed by atoms with E-state index in [1.54, 1.807) is 4.68 Å². The standard InChI is InChI=1S/C9H16N4O/c1-12(4-3-9(10)14)6-8-5-11-13(2)7-8/h5,7H,3-4,6H2,1-2H3,(H2,10,14). The maximum atomic E-state index is 10.5. The summed E-state index contributed by atoms with van der Waals surface area (Å²) < 4.78 is 1.76. The molecule has 0 fully saturated rings. The maximum absolute atomic E-state index is 10.5. The van der Waals surface area contributed by atoms with Gasteiger partial charge < -0.3 is 10.6 Å². The van der Waals surface area contributed by atoms with E-state index in [1.165, 1.54) is 0 Å². The number of amides is 1. The molecule has 1 heterocycles. The van der Waals surface area contributed by atoms with Crippen molar-refractivity contribution in [3.63, 3.8) is 0 Å². The van der Waals surface area contributed by atoms with Crippen molar-refractivity contribution in [2.24, 2.45) is 12.8 Å². The van der Waals surface area contributed by atoms with Gasteiger partial charge in [0, 0.05) is 38.3 Å². The number of hydrogen-bond donors (Lipinski definition) is 1. The summed E-state index contributed by atoms with van der Waals surface area (Å²) in [6.45, 7) is 1.48. The highest BCUT2D eigenvalue weighted by Gasteiger charge is 2.03. The molecule has 1 rings (SSSR count). The van der Waals surface area contributed by atoms with E-state index >= 15 is 0 Å². The van der Waals surface area contributed by atoms with Crippen LogP contribution in [0.5, 0.6) is 0 Å². The summed E-state index contributed by atoms with van der Waals surface area (Å²) in [7, 11) is 3.84. The first-order valence-corrected chi connectivity index (χ1v) is 4.52. The number of rotatable bonds is 5. The molecule has 0 saturated heterocycles. The fourth-order valence-corrected chi connectivity index (χ4v) is 1.25. The number of nitrogens with zero attached hydrogens (tertiary/aromatic N) is 3. The Morgan fingerprint density at radius 3 is 2.93 bits per heavy atom. The summed E-state index contributed by atoms with van der Waals surface area (Å²) in [5, 5.41) is 4.06. The highest BCUT2D eigenvalue weighted by Crippen LogP contribution is 2.01. The number of aryl methyl sites for hydroxylation is 1. The normalized spacial score (nSPS) is 10.8. The van der Waals surface area contributed by atoms with Gasteiger partial charge >= 0.3 is 0 Å². The molecule has 0 aliphatic rings. The Hall–Kier alpha value is -1.36. The van der Waals surface area contributed by atoms with Crippen LogP contribution in [0.3, 0.4) is 0 Å². The first kappa shape index (κ1) is 10.7. The van der Waals surface area contributed by atoms with Gasteiger partial charge in [-0.1, -0.05) is 0 Å². The Labute approximate surface area is 83.5 Å². The van der Waals surface area contributed by atoms with Crippen LogP contribution in [0.4, 0.5) is 0 Å². The van der Waals surface area contributed by atoms with Gasteiger partial charge in [0.15, 0.2) is 0 Å². The van der Waals surface area contributed by atoms with Crippen LogP contribution in [0.15, 0.2) is 12.4 Å². The molecular formula is C9H16N4O. The van der Waals surface area contributed by atoms with Gasteiger partial charge in [0.05, 0.1) is 6.20 Å². The molecule has 78 valence electrons. The van der Waals surface area contributed by atoms with Crippen molar-refractivity contribution in [3.8, 4) is 0 Å². The van der Waals surface area contributed by atoms with Crippen LogP contribution >= 0.6 is 0 Å². The highest BCUT2D eigenvalue weighted by atomic mass is 16.1. The Morgan fingerprint density at radius 2 is 2.43 bits per heavy atom. The van der Waals surface area contributed by atoms with Crippen molar-refractivity contribution in [3.05, 3.63) is 18.0 Å². The largest absolute Gasteiger partial charge is 0.370 e. The van der Waals surface area contributed by atoms with E-state index in [4.69, 9.17) is 5.73 Å². The topological polar surface area (TPSA) is 64.2 Å². The van der Waals surface area contributed by atoms with Crippen LogP contribution in [-0.4, -0.2) is 34.2 Å². The van der Waals surface area contributed by atoms with E-state index in [0.29, 0.717) is 13.0 Å². The van der Waals surface area contributed by atoms with E-state index in [2.05, 4.69) is 5.10 Å². The Morgan fingerprint density at radius 1 is 1.71 bits per heavy atom. The molecule has 0 spiro atoms. The van der Waals surface area contributed by atoms with E-state index in [0.717, 1.165) is 12.1 Å². The van der Waals surface area contributed by atoms with E-state index < -0.39 is 0 Å². The maximum Gasteiger partial charge on any atom is 0.218 e. The molecule has 1 aromatic heterocycles.